The maximum absolute atomic E-state index is 11.9. The Morgan fingerprint density at radius 1 is 1.42 bits per heavy atom. The minimum atomic E-state index is -0.662. The van der Waals surface area contributed by atoms with Crippen molar-refractivity contribution in [2.75, 3.05) is 12.0 Å². The van der Waals surface area contributed by atoms with Crippen LogP contribution < -0.4 is 10.6 Å². The van der Waals surface area contributed by atoms with Gasteiger partial charge in [0, 0.05) is 6.54 Å². The van der Waals surface area contributed by atoms with E-state index in [1.54, 1.807) is 18.2 Å². The Balaban J connectivity index is 2.27. The number of fused-ring (bicyclic) bond motifs is 1. The average molecular weight is 262 g/mol. The predicted octanol–water partition coefficient (Wildman–Crippen LogP) is 0.124. The maximum atomic E-state index is 11.9. The summed E-state index contributed by atoms with van der Waals surface area (Å²) in [6.07, 6.45) is -0.295. The molecule has 0 saturated carbocycles. The Morgan fingerprint density at radius 3 is 2.79 bits per heavy atom. The van der Waals surface area contributed by atoms with E-state index in [9.17, 15) is 14.4 Å². The first kappa shape index (κ1) is 13.2. The Labute approximate surface area is 110 Å². The van der Waals surface area contributed by atoms with E-state index in [1.807, 2.05) is 0 Å². The summed E-state index contributed by atoms with van der Waals surface area (Å²) < 4.78 is 4.43. The molecule has 1 aliphatic rings. The van der Waals surface area contributed by atoms with Gasteiger partial charge < -0.3 is 10.5 Å². The van der Waals surface area contributed by atoms with Gasteiger partial charge in [0.1, 0.15) is 6.42 Å². The summed E-state index contributed by atoms with van der Waals surface area (Å²) in [4.78, 5) is 35.9. The molecule has 100 valence electrons. The van der Waals surface area contributed by atoms with Crippen molar-refractivity contribution in [3.05, 3.63) is 29.3 Å². The molecule has 0 saturated heterocycles. The fourth-order valence-electron chi connectivity index (χ4n) is 2.05. The second kappa shape index (κ2) is 5.19. The highest BCUT2D eigenvalue weighted by atomic mass is 16.5. The molecule has 0 bridgehead atoms. The van der Waals surface area contributed by atoms with Crippen molar-refractivity contribution in [2.45, 2.75) is 19.4 Å². The zero-order valence-electron chi connectivity index (χ0n) is 10.5. The van der Waals surface area contributed by atoms with Crippen molar-refractivity contribution in [1.82, 2.24) is 0 Å². The van der Waals surface area contributed by atoms with E-state index >= 15 is 0 Å². The summed E-state index contributed by atoms with van der Waals surface area (Å²) in [6.45, 7) is 0.373. The quantitative estimate of drug-likeness (QED) is 0.617. The highest BCUT2D eigenvalue weighted by molar-refractivity contribution is 6.21. The van der Waals surface area contributed by atoms with Crippen molar-refractivity contribution in [1.29, 1.82) is 0 Å². The van der Waals surface area contributed by atoms with Crippen LogP contribution in [0.2, 0.25) is 0 Å². The van der Waals surface area contributed by atoms with E-state index in [-0.39, 0.29) is 12.3 Å². The molecule has 0 aliphatic carbocycles. The SMILES string of the molecule is COC(=O)CC(=O)N1C(=O)Cc2cc(CN)ccc21. The number of nitrogens with two attached hydrogens (primary N) is 1. The van der Waals surface area contributed by atoms with Crippen LogP contribution >= 0.6 is 0 Å². The molecule has 1 aliphatic heterocycles. The number of ether oxygens (including phenoxy) is 1. The largest absolute Gasteiger partial charge is 0.469 e. The molecule has 0 radical (unpaired) electrons. The second-order valence-electron chi connectivity index (χ2n) is 4.22. The molecule has 0 aromatic heterocycles. The highest BCUT2D eigenvalue weighted by Crippen LogP contribution is 2.30. The van der Waals surface area contributed by atoms with Crippen LogP contribution in [0, 0.1) is 0 Å². The van der Waals surface area contributed by atoms with Crippen LogP contribution in [0.5, 0.6) is 0 Å². The minimum absolute atomic E-state index is 0.149. The summed E-state index contributed by atoms with van der Waals surface area (Å²) in [5.74, 6) is -1.57. The van der Waals surface area contributed by atoms with Gasteiger partial charge in [-0.2, -0.15) is 0 Å². The van der Waals surface area contributed by atoms with Gasteiger partial charge in [-0.05, 0) is 17.2 Å². The molecule has 6 heteroatoms. The molecule has 0 unspecified atom stereocenters. The standard InChI is InChI=1S/C13H14N2O4/c1-19-13(18)6-12(17)15-10-3-2-8(7-14)4-9(10)5-11(15)16/h2-4H,5-7,14H2,1H3. The first-order valence-electron chi connectivity index (χ1n) is 5.81. The zero-order chi connectivity index (χ0) is 14.0. The average Bonchev–Trinajstić information content (AvgIpc) is 2.73. The summed E-state index contributed by atoms with van der Waals surface area (Å²) in [5, 5.41) is 0. The number of amides is 2. The van der Waals surface area contributed by atoms with E-state index in [2.05, 4.69) is 4.74 Å². The molecule has 0 fully saturated rings. The lowest BCUT2D eigenvalue weighted by Crippen LogP contribution is -2.35. The fraction of sp³-hybridized carbons (Fsp3) is 0.308. The lowest BCUT2D eigenvalue weighted by molar-refractivity contribution is -0.143. The fourth-order valence-corrected chi connectivity index (χ4v) is 2.05. The molecule has 1 aromatic carbocycles. The van der Waals surface area contributed by atoms with Crippen LogP contribution in [0.25, 0.3) is 0 Å². The summed E-state index contributed by atoms with van der Waals surface area (Å²) in [7, 11) is 1.20. The van der Waals surface area contributed by atoms with Gasteiger partial charge in [-0.15, -0.1) is 0 Å². The molecular weight excluding hydrogens is 248 g/mol. The number of nitrogens with zero attached hydrogens (tertiary/aromatic N) is 1. The molecule has 1 aromatic rings. The van der Waals surface area contributed by atoms with Crippen LogP contribution in [-0.2, 0) is 32.1 Å². The van der Waals surface area contributed by atoms with E-state index in [4.69, 9.17) is 5.73 Å². The van der Waals surface area contributed by atoms with Crippen molar-refractivity contribution < 1.29 is 19.1 Å². The summed E-state index contributed by atoms with van der Waals surface area (Å²) in [5.41, 5.74) is 7.71. The number of carbonyl (C=O) groups is 3. The van der Waals surface area contributed by atoms with Gasteiger partial charge in [-0.3, -0.25) is 14.4 Å². The predicted molar refractivity (Wildman–Crippen MR) is 67.2 cm³/mol. The van der Waals surface area contributed by atoms with Crippen molar-refractivity contribution >= 4 is 23.5 Å². The van der Waals surface area contributed by atoms with Gasteiger partial charge >= 0.3 is 5.97 Å². The van der Waals surface area contributed by atoms with Gasteiger partial charge in [0.15, 0.2) is 0 Å². The second-order valence-corrected chi connectivity index (χ2v) is 4.22. The van der Waals surface area contributed by atoms with Crippen LogP contribution in [0.1, 0.15) is 17.5 Å². The number of anilines is 1. The molecular formula is C13H14N2O4. The van der Waals surface area contributed by atoms with Crippen molar-refractivity contribution in [3.63, 3.8) is 0 Å². The molecule has 2 N–H and O–H groups in total. The molecule has 1 heterocycles. The normalized spacial score (nSPS) is 13.4. The van der Waals surface area contributed by atoms with Crippen molar-refractivity contribution in [2.24, 2.45) is 5.73 Å². The van der Waals surface area contributed by atoms with Gasteiger partial charge in [0.25, 0.3) is 0 Å². The van der Waals surface area contributed by atoms with Gasteiger partial charge in [0.2, 0.25) is 11.8 Å². The number of carbonyl (C=O) groups excluding carboxylic acids is 3. The van der Waals surface area contributed by atoms with Crippen molar-refractivity contribution in [3.8, 4) is 0 Å². The summed E-state index contributed by atoms with van der Waals surface area (Å²) >= 11 is 0. The van der Waals surface area contributed by atoms with Gasteiger partial charge in [-0.1, -0.05) is 12.1 Å². The molecule has 6 nitrogen and oxygen atoms in total. The zero-order valence-corrected chi connectivity index (χ0v) is 10.5. The highest BCUT2D eigenvalue weighted by Gasteiger charge is 2.33. The van der Waals surface area contributed by atoms with Gasteiger partial charge in [0.05, 0.1) is 19.2 Å². The number of hydrogen-bond donors (Lipinski definition) is 1. The maximum Gasteiger partial charge on any atom is 0.315 e. The van der Waals surface area contributed by atoms with Crippen LogP contribution in [-0.4, -0.2) is 24.9 Å². The third kappa shape index (κ3) is 2.48. The molecule has 19 heavy (non-hydrogen) atoms. The lowest BCUT2D eigenvalue weighted by Gasteiger charge is -2.15. The van der Waals surface area contributed by atoms with E-state index in [1.165, 1.54) is 7.11 Å². The van der Waals surface area contributed by atoms with Crippen LogP contribution in [0.15, 0.2) is 18.2 Å². The molecule has 2 rings (SSSR count). The topological polar surface area (TPSA) is 89.7 Å². The van der Waals surface area contributed by atoms with E-state index in [0.717, 1.165) is 16.0 Å². The minimum Gasteiger partial charge on any atom is -0.469 e. The Morgan fingerprint density at radius 2 is 2.16 bits per heavy atom. The van der Waals surface area contributed by atoms with Crippen LogP contribution in [0.3, 0.4) is 0 Å². The number of rotatable bonds is 3. The lowest BCUT2D eigenvalue weighted by atomic mass is 10.1. The molecule has 0 atom stereocenters. The Kier molecular flexibility index (Phi) is 3.62. The molecule has 0 spiro atoms. The van der Waals surface area contributed by atoms with Gasteiger partial charge in [-0.25, -0.2) is 4.90 Å². The van der Waals surface area contributed by atoms with E-state index < -0.39 is 18.3 Å². The third-order valence-corrected chi connectivity index (χ3v) is 2.98. The number of imide groups is 1. The number of esters is 1. The molecule has 2 amide bonds. The Bertz CT molecular complexity index is 554. The smallest absolute Gasteiger partial charge is 0.315 e. The van der Waals surface area contributed by atoms with Crippen LogP contribution in [0.4, 0.5) is 5.69 Å². The Hall–Kier alpha value is -2.21. The number of methoxy groups -OCH3 is 1. The monoisotopic (exact) mass is 262 g/mol. The third-order valence-electron chi connectivity index (χ3n) is 2.98. The summed E-state index contributed by atoms with van der Waals surface area (Å²) in [6, 6.07) is 5.24. The number of hydrogen-bond acceptors (Lipinski definition) is 5. The van der Waals surface area contributed by atoms with E-state index in [0.29, 0.717) is 12.2 Å². The first-order valence-corrected chi connectivity index (χ1v) is 5.81. The first-order chi connectivity index (χ1) is 9.06. The number of benzene rings is 1.